The van der Waals surface area contributed by atoms with E-state index in [2.05, 4.69) is 31.9 Å². The molecular weight excluding hydrogens is 298 g/mol. The zero-order valence-corrected chi connectivity index (χ0v) is 10.4. The van der Waals surface area contributed by atoms with Crippen molar-refractivity contribution in [1.29, 1.82) is 0 Å². The van der Waals surface area contributed by atoms with E-state index in [-0.39, 0.29) is 6.61 Å². The largest absolute Gasteiger partial charge is 0.394 e. The van der Waals surface area contributed by atoms with Crippen LogP contribution in [-0.2, 0) is 5.54 Å². The molecule has 0 aliphatic carbocycles. The highest BCUT2D eigenvalue weighted by atomic mass is 79.9. The van der Waals surface area contributed by atoms with Crippen molar-refractivity contribution in [1.82, 2.24) is 0 Å². The maximum Gasteiger partial charge on any atom is 0.0650 e. The van der Waals surface area contributed by atoms with Crippen molar-refractivity contribution in [3.05, 3.63) is 32.7 Å². The van der Waals surface area contributed by atoms with Crippen LogP contribution in [0.2, 0.25) is 0 Å². The number of aliphatic hydroxyl groups is 1. The van der Waals surface area contributed by atoms with E-state index in [0.29, 0.717) is 0 Å². The van der Waals surface area contributed by atoms with Crippen molar-refractivity contribution >= 4 is 31.9 Å². The summed E-state index contributed by atoms with van der Waals surface area (Å²) in [6, 6.07) is 5.71. The summed E-state index contributed by atoms with van der Waals surface area (Å²) in [6.45, 7) is 1.72. The summed E-state index contributed by atoms with van der Waals surface area (Å²) in [7, 11) is 0. The third-order valence-electron chi connectivity index (χ3n) is 1.87. The van der Waals surface area contributed by atoms with Gasteiger partial charge >= 0.3 is 0 Å². The predicted octanol–water partition coefficient (Wildman–Crippen LogP) is 2.38. The Morgan fingerprint density at radius 2 is 2.08 bits per heavy atom. The smallest absolute Gasteiger partial charge is 0.0650 e. The summed E-state index contributed by atoms with van der Waals surface area (Å²) >= 11 is 6.75. The minimum absolute atomic E-state index is 0.0762. The Balaban J connectivity index is 3.16. The fraction of sp³-hybridized carbons (Fsp3) is 0.333. The van der Waals surface area contributed by atoms with Gasteiger partial charge in [-0.05, 0) is 24.6 Å². The van der Waals surface area contributed by atoms with Crippen LogP contribution in [0.3, 0.4) is 0 Å². The molecule has 0 fully saturated rings. The van der Waals surface area contributed by atoms with Crippen molar-refractivity contribution in [2.45, 2.75) is 12.5 Å². The molecule has 1 unspecified atom stereocenters. The molecule has 0 saturated heterocycles. The first-order valence-electron chi connectivity index (χ1n) is 3.82. The minimum atomic E-state index is -0.695. The van der Waals surface area contributed by atoms with E-state index in [1.807, 2.05) is 18.2 Å². The molecule has 1 aromatic rings. The number of hydrogen-bond acceptors (Lipinski definition) is 2. The van der Waals surface area contributed by atoms with Gasteiger partial charge in [0.2, 0.25) is 0 Å². The normalized spacial score (nSPS) is 15.5. The molecule has 1 rings (SSSR count). The van der Waals surface area contributed by atoms with Gasteiger partial charge in [-0.2, -0.15) is 0 Å². The van der Waals surface area contributed by atoms with E-state index in [9.17, 15) is 0 Å². The van der Waals surface area contributed by atoms with Gasteiger partial charge in [0, 0.05) is 8.95 Å². The average molecular weight is 309 g/mol. The van der Waals surface area contributed by atoms with E-state index >= 15 is 0 Å². The number of nitrogens with two attached hydrogens (primary N) is 1. The summed E-state index contributed by atoms with van der Waals surface area (Å²) < 4.78 is 1.89. The van der Waals surface area contributed by atoms with Crippen molar-refractivity contribution in [2.24, 2.45) is 5.73 Å². The number of halogens is 2. The van der Waals surface area contributed by atoms with E-state index < -0.39 is 5.54 Å². The monoisotopic (exact) mass is 307 g/mol. The van der Waals surface area contributed by atoms with Crippen LogP contribution in [0, 0.1) is 0 Å². The van der Waals surface area contributed by atoms with Gasteiger partial charge in [-0.15, -0.1) is 0 Å². The SMILES string of the molecule is CC(N)(CO)c1ccc(Br)cc1Br. The molecular formula is C9H11Br2NO. The molecule has 0 aliphatic rings. The van der Waals surface area contributed by atoms with Gasteiger partial charge in [0.25, 0.3) is 0 Å². The fourth-order valence-electron chi connectivity index (χ4n) is 1.04. The summed E-state index contributed by atoms with van der Waals surface area (Å²) in [5, 5.41) is 9.08. The molecule has 3 N–H and O–H groups in total. The first kappa shape index (κ1) is 11.2. The Bertz CT molecular complexity index is 312. The van der Waals surface area contributed by atoms with Crippen LogP contribution in [0.1, 0.15) is 12.5 Å². The highest BCUT2D eigenvalue weighted by Crippen LogP contribution is 2.28. The topological polar surface area (TPSA) is 46.2 Å². The fourth-order valence-corrected chi connectivity index (χ4v) is 2.54. The second kappa shape index (κ2) is 4.09. The lowest BCUT2D eigenvalue weighted by Crippen LogP contribution is -2.37. The quantitative estimate of drug-likeness (QED) is 0.881. The van der Waals surface area contributed by atoms with Gasteiger partial charge in [-0.3, -0.25) is 0 Å². The van der Waals surface area contributed by atoms with Crippen LogP contribution >= 0.6 is 31.9 Å². The lowest BCUT2D eigenvalue weighted by molar-refractivity contribution is 0.209. The Morgan fingerprint density at radius 3 is 2.54 bits per heavy atom. The molecule has 72 valence electrons. The van der Waals surface area contributed by atoms with Gasteiger partial charge in [0.1, 0.15) is 0 Å². The van der Waals surface area contributed by atoms with Crippen molar-refractivity contribution in [3.8, 4) is 0 Å². The molecule has 13 heavy (non-hydrogen) atoms. The Morgan fingerprint density at radius 1 is 1.46 bits per heavy atom. The average Bonchev–Trinajstić information content (AvgIpc) is 2.03. The zero-order valence-electron chi connectivity index (χ0n) is 7.22. The summed E-state index contributed by atoms with van der Waals surface area (Å²) in [6.07, 6.45) is 0. The van der Waals surface area contributed by atoms with E-state index in [0.717, 1.165) is 14.5 Å². The Labute approximate surface area is 94.4 Å². The third-order valence-corrected chi connectivity index (χ3v) is 3.02. The molecule has 0 aromatic heterocycles. The molecule has 4 heteroatoms. The van der Waals surface area contributed by atoms with Crippen molar-refractivity contribution in [3.63, 3.8) is 0 Å². The molecule has 0 saturated carbocycles. The minimum Gasteiger partial charge on any atom is -0.394 e. The summed E-state index contributed by atoms with van der Waals surface area (Å²) in [5.41, 5.74) is 6.10. The van der Waals surface area contributed by atoms with Gasteiger partial charge in [-0.25, -0.2) is 0 Å². The lowest BCUT2D eigenvalue weighted by Gasteiger charge is -2.23. The van der Waals surface area contributed by atoms with Crippen molar-refractivity contribution in [2.75, 3.05) is 6.61 Å². The molecule has 0 amide bonds. The van der Waals surface area contributed by atoms with Gasteiger partial charge in [-0.1, -0.05) is 37.9 Å². The molecule has 0 aliphatic heterocycles. The van der Waals surface area contributed by atoms with Crippen molar-refractivity contribution < 1.29 is 5.11 Å². The third kappa shape index (κ3) is 2.53. The van der Waals surface area contributed by atoms with E-state index in [1.54, 1.807) is 6.92 Å². The number of hydrogen-bond donors (Lipinski definition) is 2. The second-order valence-corrected chi connectivity index (χ2v) is 4.97. The molecule has 2 nitrogen and oxygen atoms in total. The maximum atomic E-state index is 9.08. The Kier molecular flexibility index (Phi) is 3.51. The summed E-state index contributed by atoms with van der Waals surface area (Å²) in [5.74, 6) is 0. The van der Waals surface area contributed by atoms with Crippen LogP contribution in [0.4, 0.5) is 0 Å². The van der Waals surface area contributed by atoms with Crippen LogP contribution < -0.4 is 5.73 Å². The molecule has 0 radical (unpaired) electrons. The Hall–Kier alpha value is 0.1000. The van der Waals surface area contributed by atoms with E-state index in [1.165, 1.54) is 0 Å². The van der Waals surface area contributed by atoms with Crippen LogP contribution in [0.5, 0.6) is 0 Å². The zero-order chi connectivity index (χ0) is 10.1. The lowest BCUT2D eigenvalue weighted by atomic mass is 9.94. The van der Waals surface area contributed by atoms with Crippen LogP contribution in [0.25, 0.3) is 0 Å². The maximum absolute atomic E-state index is 9.08. The standard InChI is InChI=1S/C9H11Br2NO/c1-9(12,5-13)7-3-2-6(10)4-8(7)11/h2-4,13H,5,12H2,1H3. The highest BCUT2D eigenvalue weighted by molar-refractivity contribution is 9.11. The predicted molar refractivity (Wildman–Crippen MR) is 60.5 cm³/mol. The highest BCUT2D eigenvalue weighted by Gasteiger charge is 2.22. The van der Waals surface area contributed by atoms with E-state index in [4.69, 9.17) is 10.8 Å². The summed E-state index contributed by atoms with van der Waals surface area (Å²) in [4.78, 5) is 0. The molecule has 0 heterocycles. The van der Waals surface area contributed by atoms with Gasteiger partial charge in [0.05, 0.1) is 12.1 Å². The molecule has 1 aromatic carbocycles. The number of rotatable bonds is 2. The number of aliphatic hydroxyl groups excluding tert-OH is 1. The van der Waals surface area contributed by atoms with Crippen LogP contribution in [0.15, 0.2) is 27.1 Å². The molecule has 0 spiro atoms. The number of benzene rings is 1. The van der Waals surface area contributed by atoms with Gasteiger partial charge < -0.3 is 10.8 Å². The van der Waals surface area contributed by atoms with Gasteiger partial charge in [0.15, 0.2) is 0 Å². The van der Waals surface area contributed by atoms with Crippen LogP contribution in [-0.4, -0.2) is 11.7 Å². The first-order valence-corrected chi connectivity index (χ1v) is 5.41. The second-order valence-electron chi connectivity index (χ2n) is 3.20. The first-order chi connectivity index (χ1) is 5.97. The molecule has 0 bridgehead atoms. The molecule has 1 atom stereocenters.